The molecule has 1 saturated heterocycles. The molecule has 6 heteroatoms. The molecule has 0 N–H and O–H groups in total. The number of hydrogen-bond acceptors (Lipinski definition) is 4. The molecule has 1 atom stereocenters. The van der Waals surface area contributed by atoms with Crippen molar-refractivity contribution in [3.63, 3.8) is 0 Å². The van der Waals surface area contributed by atoms with Crippen LogP contribution in [0.3, 0.4) is 0 Å². The smallest absolute Gasteiger partial charge is 0.297 e. The summed E-state index contributed by atoms with van der Waals surface area (Å²) in [4.78, 5) is 0.184. The fourth-order valence-corrected chi connectivity index (χ4v) is 2.30. The van der Waals surface area contributed by atoms with Crippen LogP contribution in [0.5, 0.6) is 0 Å². The predicted molar refractivity (Wildman–Crippen MR) is 62.0 cm³/mol. The number of benzene rings is 1. The Morgan fingerprint density at radius 3 is 2.53 bits per heavy atom. The zero-order valence-electron chi connectivity index (χ0n) is 7.72. The van der Waals surface area contributed by atoms with Gasteiger partial charge in [0.1, 0.15) is 6.10 Å². The van der Waals surface area contributed by atoms with Crippen molar-refractivity contribution in [1.82, 2.24) is 0 Å². The average molecular weight is 340 g/mol. The molecule has 1 aliphatic heterocycles. The van der Waals surface area contributed by atoms with Crippen LogP contribution < -0.4 is 0 Å². The third-order valence-corrected chi connectivity index (χ3v) is 3.93. The van der Waals surface area contributed by atoms with Gasteiger partial charge in [-0.1, -0.05) is 0 Å². The molecule has 0 amide bonds. The third-order valence-electron chi connectivity index (χ3n) is 1.91. The Balaban J connectivity index is 2.09. The van der Waals surface area contributed by atoms with Gasteiger partial charge in [-0.25, -0.2) is 0 Å². The predicted octanol–water partition coefficient (Wildman–Crippen LogP) is 1.40. The number of rotatable bonds is 4. The first-order chi connectivity index (χ1) is 7.08. The third kappa shape index (κ3) is 3.13. The maximum absolute atomic E-state index is 11.6. The normalized spacial score (nSPS) is 20.2. The summed E-state index contributed by atoms with van der Waals surface area (Å²) in [5.74, 6) is 0. The van der Waals surface area contributed by atoms with E-state index in [9.17, 15) is 8.42 Å². The van der Waals surface area contributed by atoms with Crippen LogP contribution in [0.4, 0.5) is 0 Å². The molecule has 1 fully saturated rings. The van der Waals surface area contributed by atoms with Gasteiger partial charge < -0.3 is 4.74 Å². The van der Waals surface area contributed by atoms with Crippen molar-refractivity contribution >= 4 is 32.7 Å². The van der Waals surface area contributed by atoms with Crippen LogP contribution >= 0.6 is 22.6 Å². The Kier molecular flexibility index (Phi) is 3.29. The summed E-state index contributed by atoms with van der Waals surface area (Å²) < 4.78 is 33.9. The molecule has 4 nitrogen and oxygen atoms in total. The summed E-state index contributed by atoms with van der Waals surface area (Å²) in [5, 5.41) is 0. The van der Waals surface area contributed by atoms with E-state index < -0.39 is 10.1 Å². The van der Waals surface area contributed by atoms with E-state index in [4.69, 9.17) is 8.92 Å². The van der Waals surface area contributed by atoms with Crippen molar-refractivity contribution in [3.05, 3.63) is 27.8 Å². The number of epoxide rings is 1. The van der Waals surface area contributed by atoms with Gasteiger partial charge in [-0.05, 0) is 46.9 Å². The van der Waals surface area contributed by atoms with Gasteiger partial charge in [-0.15, -0.1) is 0 Å². The van der Waals surface area contributed by atoms with E-state index >= 15 is 0 Å². The minimum atomic E-state index is -3.62. The highest BCUT2D eigenvalue weighted by atomic mass is 127. The molecule has 0 saturated carbocycles. The van der Waals surface area contributed by atoms with Crippen LogP contribution in [-0.2, 0) is 19.0 Å². The van der Waals surface area contributed by atoms with Crippen LogP contribution in [0.2, 0.25) is 0 Å². The first-order valence-corrected chi connectivity index (χ1v) is 6.83. The van der Waals surface area contributed by atoms with Crippen LogP contribution in [0, 0.1) is 3.57 Å². The van der Waals surface area contributed by atoms with Gasteiger partial charge in [-0.3, -0.25) is 4.18 Å². The quantitative estimate of drug-likeness (QED) is 0.472. The molecule has 1 aliphatic rings. The van der Waals surface area contributed by atoms with Gasteiger partial charge >= 0.3 is 0 Å². The summed E-state index contributed by atoms with van der Waals surface area (Å²) in [7, 11) is -3.62. The van der Waals surface area contributed by atoms with Gasteiger partial charge in [0.25, 0.3) is 10.1 Å². The molecular weight excluding hydrogens is 331 g/mol. The monoisotopic (exact) mass is 340 g/mol. The van der Waals surface area contributed by atoms with Gasteiger partial charge in [0.05, 0.1) is 18.1 Å². The number of ether oxygens (including phenoxy) is 1. The zero-order chi connectivity index (χ0) is 10.9. The largest absolute Gasteiger partial charge is 0.371 e. The van der Waals surface area contributed by atoms with Crippen LogP contribution in [0.1, 0.15) is 0 Å². The van der Waals surface area contributed by atoms with E-state index in [2.05, 4.69) is 22.6 Å². The molecule has 82 valence electrons. The maximum Gasteiger partial charge on any atom is 0.297 e. The highest BCUT2D eigenvalue weighted by molar-refractivity contribution is 14.1. The Morgan fingerprint density at radius 2 is 2.00 bits per heavy atom. The fraction of sp³-hybridized carbons (Fsp3) is 0.333. The Labute approximate surface area is 102 Å². The van der Waals surface area contributed by atoms with Crippen LogP contribution in [-0.4, -0.2) is 27.7 Å². The minimum absolute atomic E-state index is 0.0522. The maximum atomic E-state index is 11.6. The lowest BCUT2D eigenvalue weighted by atomic mass is 10.4. The topological polar surface area (TPSA) is 55.9 Å². The molecule has 1 heterocycles. The van der Waals surface area contributed by atoms with E-state index in [1.54, 1.807) is 12.1 Å². The Morgan fingerprint density at radius 1 is 1.40 bits per heavy atom. The first kappa shape index (κ1) is 11.3. The molecule has 2 rings (SSSR count). The second-order valence-electron chi connectivity index (χ2n) is 3.15. The lowest BCUT2D eigenvalue weighted by Crippen LogP contribution is -2.10. The molecule has 0 bridgehead atoms. The van der Waals surface area contributed by atoms with E-state index in [0.717, 1.165) is 3.57 Å². The molecular formula is C9H9IO4S. The van der Waals surface area contributed by atoms with Gasteiger partial charge in [0.15, 0.2) is 0 Å². The van der Waals surface area contributed by atoms with Crippen LogP contribution in [0.15, 0.2) is 29.2 Å². The lowest BCUT2D eigenvalue weighted by molar-refractivity contribution is 0.266. The molecule has 1 aromatic carbocycles. The van der Waals surface area contributed by atoms with Crippen molar-refractivity contribution in [2.24, 2.45) is 0 Å². The van der Waals surface area contributed by atoms with Crippen molar-refractivity contribution in [2.45, 2.75) is 11.0 Å². The number of halogens is 1. The van der Waals surface area contributed by atoms with Crippen molar-refractivity contribution in [3.8, 4) is 0 Å². The summed E-state index contributed by atoms with van der Waals surface area (Å²) in [6.45, 7) is 0.691. The highest BCUT2D eigenvalue weighted by Gasteiger charge is 2.26. The van der Waals surface area contributed by atoms with Gasteiger partial charge in [0.2, 0.25) is 0 Å². The van der Waals surface area contributed by atoms with E-state index in [1.807, 2.05) is 0 Å². The average Bonchev–Trinajstić information content (AvgIpc) is 2.99. The van der Waals surface area contributed by atoms with Crippen LogP contribution in [0.25, 0.3) is 0 Å². The van der Waals surface area contributed by atoms with E-state index in [0.29, 0.717) is 6.61 Å². The van der Waals surface area contributed by atoms with Gasteiger partial charge in [0, 0.05) is 3.57 Å². The second kappa shape index (κ2) is 4.36. The molecule has 15 heavy (non-hydrogen) atoms. The summed E-state index contributed by atoms with van der Waals surface area (Å²) in [6, 6.07) is 6.52. The lowest BCUT2D eigenvalue weighted by Gasteiger charge is -2.03. The molecule has 1 aromatic rings. The Hall–Kier alpha value is -0.180. The van der Waals surface area contributed by atoms with Crippen molar-refractivity contribution in [1.29, 1.82) is 0 Å². The van der Waals surface area contributed by atoms with E-state index in [-0.39, 0.29) is 17.6 Å². The minimum Gasteiger partial charge on any atom is -0.371 e. The van der Waals surface area contributed by atoms with E-state index in [1.165, 1.54) is 12.1 Å². The summed E-state index contributed by atoms with van der Waals surface area (Å²) in [5.41, 5.74) is 0. The number of hydrogen-bond donors (Lipinski definition) is 0. The highest BCUT2D eigenvalue weighted by Crippen LogP contribution is 2.17. The SMILES string of the molecule is O=S(=O)(OCC1CO1)c1ccc(I)cc1. The molecule has 0 aliphatic carbocycles. The fourth-order valence-electron chi connectivity index (χ4n) is 0.999. The molecule has 0 aromatic heterocycles. The first-order valence-electron chi connectivity index (χ1n) is 4.34. The molecule has 0 spiro atoms. The standard InChI is InChI=1S/C9H9IO4S/c10-7-1-3-9(4-2-7)15(11,12)14-6-8-5-13-8/h1-4,8H,5-6H2. The van der Waals surface area contributed by atoms with Crippen molar-refractivity contribution in [2.75, 3.05) is 13.2 Å². The summed E-state index contributed by atoms with van der Waals surface area (Å²) >= 11 is 2.11. The van der Waals surface area contributed by atoms with Gasteiger partial charge in [-0.2, -0.15) is 8.42 Å². The second-order valence-corrected chi connectivity index (χ2v) is 6.01. The van der Waals surface area contributed by atoms with Crippen molar-refractivity contribution < 1.29 is 17.3 Å². The zero-order valence-corrected chi connectivity index (χ0v) is 10.7. The Bertz CT molecular complexity index is 436. The summed E-state index contributed by atoms with van der Waals surface area (Å²) in [6.07, 6.45) is -0.0522. The molecule has 1 unspecified atom stereocenters. The molecule has 0 radical (unpaired) electrons.